The summed E-state index contributed by atoms with van der Waals surface area (Å²) >= 11 is 6.08. The molecule has 0 radical (unpaired) electrons. The van der Waals surface area contributed by atoms with Crippen molar-refractivity contribution in [1.82, 2.24) is 0 Å². The van der Waals surface area contributed by atoms with E-state index in [2.05, 4.69) is 20.8 Å². The number of hydrogen-bond acceptors (Lipinski definition) is 4. The van der Waals surface area contributed by atoms with Gasteiger partial charge in [0, 0.05) is 23.2 Å². The molecule has 5 heteroatoms. The average Bonchev–Trinajstić information content (AvgIpc) is 2.55. The van der Waals surface area contributed by atoms with Crippen LogP contribution in [0.25, 0.3) is 0 Å². The number of ketones is 2. The summed E-state index contributed by atoms with van der Waals surface area (Å²) in [6.07, 6.45) is 2.71. The first kappa shape index (κ1) is 17.9. The van der Waals surface area contributed by atoms with Crippen molar-refractivity contribution in [3.05, 3.63) is 0 Å². The summed E-state index contributed by atoms with van der Waals surface area (Å²) in [5.41, 5.74) is -2.30. The van der Waals surface area contributed by atoms with Gasteiger partial charge in [-0.05, 0) is 49.4 Å². The van der Waals surface area contributed by atoms with Gasteiger partial charge in [-0.15, -0.1) is 11.6 Å². The normalized spacial score (nSPS) is 54.2. The van der Waals surface area contributed by atoms with Crippen LogP contribution < -0.4 is 0 Å². The number of Topliss-reactive ketones (excluding diaryl/α,β-unsaturated/α-hetero) is 2. The van der Waals surface area contributed by atoms with Crippen molar-refractivity contribution in [2.45, 2.75) is 71.0 Å². The van der Waals surface area contributed by atoms with E-state index >= 15 is 0 Å². The van der Waals surface area contributed by atoms with E-state index in [1.807, 2.05) is 0 Å². The highest BCUT2D eigenvalue weighted by Crippen LogP contribution is 2.71. The van der Waals surface area contributed by atoms with Gasteiger partial charge < -0.3 is 10.2 Å². The van der Waals surface area contributed by atoms with Crippen LogP contribution in [-0.2, 0) is 9.59 Å². The molecule has 5 saturated carbocycles. The molecule has 25 heavy (non-hydrogen) atoms. The molecule has 5 aliphatic carbocycles. The first-order valence-corrected chi connectivity index (χ1v) is 10.1. The van der Waals surface area contributed by atoms with Crippen LogP contribution in [0.3, 0.4) is 0 Å². The van der Waals surface area contributed by atoms with Crippen LogP contribution in [0.5, 0.6) is 0 Å². The molecule has 0 saturated heterocycles. The number of rotatable bonds is 1. The Bertz CT molecular complexity index is 646. The molecule has 5 fully saturated rings. The fourth-order valence-corrected chi connectivity index (χ4v) is 7.79. The van der Waals surface area contributed by atoms with Gasteiger partial charge in [0.1, 0.15) is 11.9 Å². The Morgan fingerprint density at radius 1 is 1.16 bits per heavy atom. The fourth-order valence-electron chi connectivity index (χ4n) is 7.50. The molecule has 0 amide bonds. The van der Waals surface area contributed by atoms with Gasteiger partial charge in [-0.25, -0.2) is 0 Å². The van der Waals surface area contributed by atoms with E-state index in [0.29, 0.717) is 31.5 Å². The summed E-state index contributed by atoms with van der Waals surface area (Å²) in [5, 5.41) is 21.6. The molecule has 2 N–H and O–H groups in total. The molecule has 140 valence electrons. The van der Waals surface area contributed by atoms with Gasteiger partial charge in [0.05, 0.1) is 11.5 Å². The van der Waals surface area contributed by atoms with Crippen LogP contribution in [0, 0.1) is 34.0 Å². The van der Waals surface area contributed by atoms with Gasteiger partial charge in [-0.2, -0.15) is 0 Å². The molecular formula is C20H29ClO4. The Morgan fingerprint density at radius 2 is 1.84 bits per heavy atom. The van der Waals surface area contributed by atoms with E-state index < -0.39 is 23.0 Å². The summed E-state index contributed by atoms with van der Waals surface area (Å²) in [6.45, 7) is 6.36. The Labute approximate surface area is 154 Å². The zero-order valence-corrected chi connectivity index (χ0v) is 16.1. The Hall–Kier alpha value is -0.450. The smallest absolute Gasteiger partial charge is 0.168 e. The van der Waals surface area contributed by atoms with Gasteiger partial charge in [-0.3, -0.25) is 9.59 Å². The second-order valence-electron chi connectivity index (χ2n) is 10.0. The van der Waals surface area contributed by atoms with Crippen molar-refractivity contribution in [3.8, 4) is 0 Å². The number of fused-ring (bicyclic) bond motifs is 3. The van der Waals surface area contributed by atoms with Crippen molar-refractivity contribution in [3.63, 3.8) is 0 Å². The maximum Gasteiger partial charge on any atom is 0.168 e. The Morgan fingerprint density at radius 3 is 2.48 bits per heavy atom. The second kappa shape index (κ2) is 5.08. The quantitative estimate of drug-likeness (QED) is 0.698. The SMILES string of the molecule is CC1(C)C(=O)CC[C@]2(C)[C@@H]1CC[C@]13C[C@@](O)(CCl)[C@H](C[C@H]12)[C@H](O)C3=O. The third-order valence-electron chi connectivity index (χ3n) is 8.79. The fraction of sp³-hybridized carbons (Fsp3) is 0.900. The van der Waals surface area contributed by atoms with Crippen molar-refractivity contribution in [1.29, 1.82) is 0 Å². The maximum absolute atomic E-state index is 13.1. The largest absolute Gasteiger partial charge is 0.388 e. The first-order chi connectivity index (χ1) is 11.5. The summed E-state index contributed by atoms with van der Waals surface area (Å²) in [7, 11) is 0. The predicted molar refractivity (Wildman–Crippen MR) is 94.2 cm³/mol. The van der Waals surface area contributed by atoms with Crippen molar-refractivity contribution < 1.29 is 19.8 Å². The van der Waals surface area contributed by atoms with E-state index in [1.54, 1.807) is 0 Å². The van der Waals surface area contributed by atoms with E-state index in [1.165, 1.54) is 0 Å². The second-order valence-corrected chi connectivity index (χ2v) is 10.3. The number of carbonyl (C=O) groups is 2. The lowest BCUT2D eigenvalue weighted by molar-refractivity contribution is -0.239. The molecule has 0 aromatic carbocycles. The summed E-state index contributed by atoms with van der Waals surface area (Å²) in [6, 6.07) is 0. The van der Waals surface area contributed by atoms with Gasteiger partial charge in [0.2, 0.25) is 0 Å². The van der Waals surface area contributed by atoms with E-state index in [4.69, 9.17) is 11.6 Å². The molecule has 0 heterocycles. The first-order valence-electron chi connectivity index (χ1n) is 9.57. The van der Waals surface area contributed by atoms with Crippen LogP contribution in [0.15, 0.2) is 0 Å². The third kappa shape index (κ3) is 1.97. The lowest BCUT2D eigenvalue weighted by atomic mass is 9.35. The number of aliphatic hydroxyl groups excluding tert-OH is 1. The lowest BCUT2D eigenvalue weighted by Crippen LogP contribution is -2.73. The third-order valence-corrected chi connectivity index (χ3v) is 9.25. The predicted octanol–water partition coefficient (Wildman–Crippen LogP) is 2.72. The van der Waals surface area contributed by atoms with Gasteiger partial charge >= 0.3 is 0 Å². The highest BCUT2D eigenvalue weighted by atomic mass is 35.5. The van der Waals surface area contributed by atoms with Gasteiger partial charge in [0.25, 0.3) is 0 Å². The van der Waals surface area contributed by atoms with Crippen molar-refractivity contribution >= 4 is 23.2 Å². The molecule has 2 bridgehead atoms. The topological polar surface area (TPSA) is 74.6 Å². The van der Waals surface area contributed by atoms with Crippen molar-refractivity contribution in [2.75, 3.05) is 5.88 Å². The Balaban J connectivity index is 1.81. The molecule has 4 nitrogen and oxygen atoms in total. The van der Waals surface area contributed by atoms with Crippen LogP contribution >= 0.6 is 11.6 Å². The zero-order valence-electron chi connectivity index (χ0n) is 15.3. The molecular weight excluding hydrogens is 340 g/mol. The number of aliphatic hydroxyl groups is 2. The minimum atomic E-state index is -1.16. The number of carbonyl (C=O) groups excluding carboxylic acids is 2. The highest BCUT2D eigenvalue weighted by Gasteiger charge is 2.72. The molecule has 0 aromatic heterocycles. The minimum absolute atomic E-state index is 0.0561. The molecule has 5 aliphatic rings. The molecule has 7 atom stereocenters. The number of alkyl halides is 1. The summed E-state index contributed by atoms with van der Waals surface area (Å²) < 4.78 is 0. The minimum Gasteiger partial charge on any atom is -0.388 e. The van der Waals surface area contributed by atoms with Gasteiger partial charge in [-0.1, -0.05) is 20.8 Å². The maximum atomic E-state index is 13.1. The van der Waals surface area contributed by atoms with Crippen molar-refractivity contribution in [2.24, 2.45) is 34.0 Å². The molecule has 0 unspecified atom stereocenters. The zero-order chi connectivity index (χ0) is 18.4. The van der Waals surface area contributed by atoms with Crippen LogP contribution in [-0.4, -0.2) is 39.4 Å². The van der Waals surface area contributed by atoms with Crippen LogP contribution in [0.1, 0.15) is 59.3 Å². The standard InChI is InChI=1S/C20H29ClO4/c1-17(2)12-4-7-19-9-20(25,10-21)11(15(23)16(19)24)8-13(19)18(12,3)6-5-14(17)22/h11-13,15,23,25H,4-10H2,1-3H3/t11-,12-,13+,15+,18-,19+,20-/m1/s1. The highest BCUT2D eigenvalue weighted by molar-refractivity contribution is 6.18. The van der Waals surface area contributed by atoms with E-state index in [0.717, 1.165) is 12.8 Å². The van der Waals surface area contributed by atoms with Crippen LogP contribution in [0.2, 0.25) is 0 Å². The molecule has 1 spiro atoms. The van der Waals surface area contributed by atoms with E-state index in [-0.39, 0.29) is 34.3 Å². The molecule has 0 aliphatic heterocycles. The number of halogens is 1. The summed E-state index contributed by atoms with van der Waals surface area (Å²) in [5.74, 6) is 0.190. The average molecular weight is 369 g/mol. The Kier molecular flexibility index (Phi) is 3.65. The van der Waals surface area contributed by atoms with E-state index in [9.17, 15) is 19.8 Å². The van der Waals surface area contributed by atoms with Crippen LogP contribution in [0.4, 0.5) is 0 Å². The summed E-state index contributed by atoms with van der Waals surface area (Å²) in [4.78, 5) is 25.7. The van der Waals surface area contributed by atoms with Gasteiger partial charge in [0.15, 0.2) is 5.78 Å². The molecule has 5 rings (SSSR count). The monoisotopic (exact) mass is 368 g/mol. The lowest BCUT2D eigenvalue weighted by Gasteiger charge is -2.69. The molecule has 0 aromatic rings. The number of hydrogen-bond donors (Lipinski definition) is 2.